The zero-order valence-corrected chi connectivity index (χ0v) is 7.45. The fourth-order valence-corrected chi connectivity index (χ4v) is 1.50. The zero-order chi connectivity index (χ0) is 9.42. The van der Waals surface area contributed by atoms with E-state index in [2.05, 4.69) is 0 Å². The summed E-state index contributed by atoms with van der Waals surface area (Å²) in [6.07, 6.45) is 0. The van der Waals surface area contributed by atoms with Crippen LogP contribution in [0.4, 0.5) is 5.69 Å². The van der Waals surface area contributed by atoms with Gasteiger partial charge in [-0.3, -0.25) is 9.20 Å². The Balaban J connectivity index is 3.09. The largest absolute Gasteiger partial charge is 0.397 e. The quantitative estimate of drug-likeness (QED) is 0.647. The van der Waals surface area contributed by atoms with Crippen LogP contribution >= 0.6 is 11.6 Å². The second kappa shape index (κ2) is 2.78. The van der Waals surface area contributed by atoms with Crippen molar-refractivity contribution in [2.24, 2.45) is 0 Å². The van der Waals surface area contributed by atoms with Crippen molar-refractivity contribution in [1.29, 1.82) is 0 Å². The molecule has 0 fully saturated rings. The number of fused-ring (bicyclic) bond motifs is 1. The number of halogens is 1. The minimum Gasteiger partial charge on any atom is -0.397 e. The molecule has 0 spiro atoms. The van der Waals surface area contributed by atoms with Crippen LogP contribution in [0.15, 0.2) is 35.1 Å². The smallest absolute Gasteiger partial charge is 0.256 e. The number of pyridine rings is 2. The third-order valence-corrected chi connectivity index (χ3v) is 2.16. The first-order chi connectivity index (χ1) is 6.20. The molecule has 0 aliphatic carbocycles. The molecule has 0 atom stereocenters. The van der Waals surface area contributed by atoms with Gasteiger partial charge in [-0.15, -0.1) is 0 Å². The van der Waals surface area contributed by atoms with Gasteiger partial charge in [0, 0.05) is 6.07 Å². The first-order valence-corrected chi connectivity index (χ1v) is 4.14. The first-order valence-electron chi connectivity index (χ1n) is 3.76. The predicted molar refractivity (Wildman–Crippen MR) is 53.1 cm³/mol. The van der Waals surface area contributed by atoms with Crippen molar-refractivity contribution < 1.29 is 0 Å². The van der Waals surface area contributed by atoms with Gasteiger partial charge >= 0.3 is 0 Å². The lowest BCUT2D eigenvalue weighted by Crippen LogP contribution is -2.13. The van der Waals surface area contributed by atoms with Crippen molar-refractivity contribution in [2.45, 2.75) is 0 Å². The summed E-state index contributed by atoms with van der Waals surface area (Å²) >= 11 is 5.84. The van der Waals surface area contributed by atoms with Crippen molar-refractivity contribution in [3.05, 3.63) is 45.8 Å². The molecule has 2 heterocycles. The molecule has 2 aromatic heterocycles. The fourth-order valence-electron chi connectivity index (χ4n) is 1.25. The van der Waals surface area contributed by atoms with Crippen LogP contribution in [0.3, 0.4) is 0 Å². The molecule has 13 heavy (non-hydrogen) atoms. The Morgan fingerprint density at radius 2 is 2.00 bits per heavy atom. The lowest BCUT2D eigenvalue weighted by Gasteiger charge is -2.04. The Hall–Kier alpha value is -1.48. The van der Waals surface area contributed by atoms with Gasteiger partial charge in [0.1, 0.15) is 5.15 Å². The SMILES string of the molecule is Nc1ccc(=O)n2c(Cl)cccc12. The lowest BCUT2D eigenvalue weighted by molar-refractivity contribution is 1.10. The van der Waals surface area contributed by atoms with Crippen molar-refractivity contribution in [1.82, 2.24) is 4.40 Å². The van der Waals surface area contributed by atoms with Crippen LogP contribution in [-0.2, 0) is 0 Å². The summed E-state index contributed by atoms with van der Waals surface area (Å²) < 4.78 is 1.37. The van der Waals surface area contributed by atoms with E-state index in [0.29, 0.717) is 16.4 Å². The molecule has 0 saturated carbocycles. The van der Waals surface area contributed by atoms with Gasteiger partial charge in [-0.25, -0.2) is 0 Å². The number of hydrogen-bond donors (Lipinski definition) is 1. The number of nitrogens with zero attached hydrogens (tertiary/aromatic N) is 1. The van der Waals surface area contributed by atoms with E-state index in [0.717, 1.165) is 0 Å². The Morgan fingerprint density at radius 1 is 1.23 bits per heavy atom. The highest BCUT2D eigenvalue weighted by molar-refractivity contribution is 6.29. The Kier molecular flexibility index (Phi) is 1.74. The van der Waals surface area contributed by atoms with Crippen molar-refractivity contribution >= 4 is 22.8 Å². The van der Waals surface area contributed by atoms with E-state index >= 15 is 0 Å². The Morgan fingerprint density at radius 3 is 2.69 bits per heavy atom. The van der Waals surface area contributed by atoms with E-state index in [1.54, 1.807) is 24.3 Å². The van der Waals surface area contributed by atoms with E-state index in [1.807, 2.05) is 0 Å². The number of nitrogen functional groups attached to an aromatic ring is 1. The molecule has 0 saturated heterocycles. The van der Waals surface area contributed by atoms with Crippen LogP contribution in [0.2, 0.25) is 5.15 Å². The van der Waals surface area contributed by atoms with E-state index < -0.39 is 0 Å². The fraction of sp³-hybridized carbons (Fsp3) is 0. The normalized spacial score (nSPS) is 10.5. The van der Waals surface area contributed by atoms with Crippen LogP contribution < -0.4 is 11.3 Å². The molecule has 2 aromatic rings. The number of rotatable bonds is 0. The highest BCUT2D eigenvalue weighted by Crippen LogP contribution is 2.15. The van der Waals surface area contributed by atoms with Gasteiger partial charge in [0.15, 0.2) is 0 Å². The van der Waals surface area contributed by atoms with Crippen molar-refractivity contribution in [2.75, 3.05) is 5.73 Å². The molecular formula is C9H7ClN2O. The summed E-state index contributed by atoms with van der Waals surface area (Å²) in [4.78, 5) is 11.4. The Bertz CT molecular complexity index is 518. The van der Waals surface area contributed by atoms with Gasteiger partial charge in [0.05, 0.1) is 11.2 Å². The minimum atomic E-state index is -0.171. The molecule has 0 aliphatic heterocycles. The van der Waals surface area contributed by atoms with Gasteiger partial charge < -0.3 is 5.73 Å². The number of aromatic nitrogens is 1. The molecule has 2 rings (SSSR count). The Labute approximate surface area is 79.4 Å². The van der Waals surface area contributed by atoms with Crippen molar-refractivity contribution in [3.8, 4) is 0 Å². The maximum atomic E-state index is 11.4. The first kappa shape index (κ1) is 8.13. The molecule has 0 radical (unpaired) electrons. The van der Waals surface area contributed by atoms with Gasteiger partial charge in [-0.05, 0) is 18.2 Å². The van der Waals surface area contributed by atoms with Crippen molar-refractivity contribution in [3.63, 3.8) is 0 Å². The van der Waals surface area contributed by atoms with Crippen LogP contribution in [0, 0.1) is 0 Å². The molecule has 0 aliphatic rings. The number of nitrogens with two attached hydrogens (primary N) is 1. The number of hydrogen-bond acceptors (Lipinski definition) is 2. The molecule has 0 amide bonds. The maximum absolute atomic E-state index is 11.4. The molecule has 0 aromatic carbocycles. The third-order valence-electron chi connectivity index (χ3n) is 1.86. The molecular weight excluding hydrogens is 188 g/mol. The molecule has 66 valence electrons. The van der Waals surface area contributed by atoms with E-state index in [4.69, 9.17) is 17.3 Å². The van der Waals surface area contributed by atoms with Crippen LogP contribution in [0.1, 0.15) is 0 Å². The third kappa shape index (κ3) is 1.17. The maximum Gasteiger partial charge on any atom is 0.256 e. The van der Waals surface area contributed by atoms with Crippen LogP contribution in [0.25, 0.3) is 5.52 Å². The minimum absolute atomic E-state index is 0.171. The summed E-state index contributed by atoms with van der Waals surface area (Å²) in [6, 6.07) is 8.13. The summed E-state index contributed by atoms with van der Waals surface area (Å²) in [5.74, 6) is 0. The standard InChI is InChI=1S/C9H7ClN2O/c10-8-3-1-2-7-6(11)4-5-9(13)12(7)8/h1-5H,11H2. The molecule has 0 bridgehead atoms. The lowest BCUT2D eigenvalue weighted by atomic mass is 10.3. The van der Waals surface area contributed by atoms with Gasteiger partial charge in [-0.2, -0.15) is 0 Å². The van der Waals surface area contributed by atoms with E-state index in [1.165, 1.54) is 10.5 Å². The topological polar surface area (TPSA) is 47.5 Å². The van der Waals surface area contributed by atoms with E-state index in [-0.39, 0.29) is 5.56 Å². The molecule has 2 N–H and O–H groups in total. The van der Waals surface area contributed by atoms with Gasteiger partial charge in [-0.1, -0.05) is 17.7 Å². The van der Waals surface area contributed by atoms with Gasteiger partial charge in [0.2, 0.25) is 0 Å². The molecule has 0 unspecified atom stereocenters. The summed E-state index contributed by atoms with van der Waals surface area (Å²) in [5, 5.41) is 0.370. The van der Waals surface area contributed by atoms with Crippen LogP contribution in [0.5, 0.6) is 0 Å². The highest BCUT2D eigenvalue weighted by Gasteiger charge is 2.01. The monoisotopic (exact) mass is 194 g/mol. The van der Waals surface area contributed by atoms with Crippen LogP contribution in [-0.4, -0.2) is 4.40 Å². The highest BCUT2D eigenvalue weighted by atomic mass is 35.5. The summed E-state index contributed by atoms with van der Waals surface area (Å²) in [7, 11) is 0. The van der Waals surface area contributed by atoms with Gasteiger partial charge in [0.25, 0.3) is 5.56 Å². The summed E-state index contributed by atoms with van der Waals surface area (Å²) in [6.45, 7) is 0. The average molecular weight is 195 g/mol. The predicted octanol–water partition coefficient (Wildman–Crippen LogP) is 1.54. The van der Waals surface area contributed by atoms with E-state index in [9.17, 15) is 4.79 Å². The summed E-state index contributed by atoms with van der Waals surface area (Å²) in [5.41, 5.74) is 6.69. The zero-order valence-electron chi connectivity index (χ0n) is 6.70. The second-order valence-corrected chi connectivity index (χ2v) is 3.08. The number of anilines is 1. The average Bonchev–Trinajstić information content (AvgIpc) is 2.12. The second-order valence-electron chi connectivity index (χ2n) is 2.70. The molecule has 3 nitrogen and oxygen atoms in total. The molecule has 4 heteroatoms.